The molecule has 0 aliphatic carbocycles. The van der Waals surface area contributed by atoms with Crippen LogP contribution in [-0.4, -0.2) is 55.1 Å². The second-order valence-corrected chi connectivity index (χ2v) is 8.42. The summed E-state index contributed by atoms with van der Waals surface area (Å²) < 4.78 is -0.648. The Kier molecular flexibility index (Phi) is 5.99. The summed E-state index contributed by atoms with van der Waals surface area (Å²) in [5.41, 5.74) is 6.41. The molecule has 0 spiro atoms. The van der Waals surface area contributed by atoms with Crippen molar-refractivity contribution in [1.82, 2.24) is 10.2 Å². The van der Waals surface area contributed by atoms with Crippen LogP contribution in [0.25, 0.3) is 0 Å². The second kappa shape index (κ2) is 7.40. The fourth-order valence-electron chi connectivity index (χ4n) is 3.22. The molecule has 2 saturated heterocycles. The van der Waals surface area contributed by atoms with E-state index in [-0.39, 0.29) is 35.3 Å². The number of phenols is 1. The maximum absolute atomic E-state index is 12.3. The summed E-state index contributed by atoms with van der Waals surface area (Å²) in [6.45, 7) is 3.53. The Morgan fingerprint density at radius 1 is 1.31 bits per heavy atom. The van der Waals surface area contributed by atoms with Gasteiger partial charge in [0.15, 0.2) is 0 Å². The Labute approximate surface area is 176 Å². The van der Waals surface area contributed by atoms with Crippen molar-refractivity contribution in [3.05, 3.63) is 29.8 Å². The Hall–Kier alpha value is -1.26. The minimum Gasteiger partial charge on any atom is -0.508 e. The monoisotopic (exact) mass is 388 g/mol. The van der Waals surface area contributed by atoms with E-state index in [1.807, 2.05) is 0 Å². The summed E-state index contributed by atoms with van der Waals surface area (Å²) in [6, 6.07) is 3.21. The smallest absolute Gasteiger partial charge is 0.508 e. The molecular weight excluding hydrogens is 369 g/mol. The van der Waals surface area contributed by atoms with E-state index in [0.717, 1.165) is 0 Å². The number of nitrogens with two attached hydrogens (primary N) is 1. The van der Waals surface area contributed by atoms with Crippen LogP contribution in [0, 0.1) is 0 Å². The first-order valence-electron chi connectivity index (χ1n) is 7.71. The fraction of sp³-hybridized carbons (Fsp3) is 0.438. The van der Waals surface area contributed by atoms with Crippen LogP contribution >= 0.6 is 11.8 Å². The quantitative estimate of drug-likeness (QED) is 0.320. The topological polar surface area (TPSA) is 133 Å². The van der Waals surface area contributed by atoms with Gasteiger partial charge in [-0.25, -0.2) is 4.79 Å². The number of benzene rings is 1. The number of phenolic OH excluding ortho intramolecular Hbond substituents is 1. The zero-order valence-electron chi connectivity index (χ0n) is 14.7. The van der Waals surface area contributed by atoms with E-state index in [1.54, 1.807) is 13.8 Å². The summed E-state index contributed by atoms with van der Waals surface area (Å²) in [5, 5.41) is 20.9. The molecule has 0 radical (unpaired) electrons. The molecule has 26 heavy (non-hydrogen) atoms. The Morgan fingerprint density at radius 2 is 1.88 bits per heavy atom. The van der Waals surface area contributed by atoms with Crippen molar-refractivity contribution in [2.45, 2.75) is 42.1 Å². The van der Waals surface area contributed by atoms with Crippen LogP contribution in [0.3, 0.4) is 0 Å². The molecule has 1 aromatic rings. The van der Waals surface area contributed by atoms with Crippen molar-refractivity contribution in [1.29, 1.82) is 0 Å². The van der Waals surface area contributed by atoms with Gasteiger partial charge >= 0.3 is 35.5 Å². The van der Waals surface area contributed by atoms with E-state index in [2.05, 4.69) is 5.32 Å². The van der Waals surface area contributed by atoms with Crippen molar-refractivity contribution >= 4 is 29.5 Å². The predicted octanol–water partition coefficient (Wildman–Crippen LogP) is -2.97. The largest absolute Gasteiger partial charge is 1.00 e. The number of aromatic hydroxyl groups is 1. The van der Waals surface area contributed by atoms with Gasteiger partial charge in [-0.1, -0.05) is 12.1 Å². The average Bonchev–Trinajstić information content (AvgIpc) is 2.80. The molecule has 10 heteroatoms. The minimum atomic E-state index is -1.06. The predicted molar refractivity (Wildman–Crippen MR) is 90.7 cm³/mol. The van der Waals surface area contributed by atoms with Crippen molar-refractivity contribution < 1.29 is 54.2 Å². The third-order valence-electron chi connectivity index (χ3n) is 4.51. The van der Waals surface area contributed by atoms with E-state index in [9.17, 15) is 24.6 Å². The van der Waals surface area contributed by atoms with Gasteiger partial charge in [0.2, 0.25) is 11.8 Å². The molecule has 0 unspecified atom stereocenters. The molecule has 0 saturated carbocycles. The molecule has 0 bridgehead atoms. The summed E-state index contributed by atoms with van der Waals surface area (Å²) in [7, 11) is 0. The zero-order chi connectivity index (χ0) is 18.5. The number of amides is 2. The SMILES string of the molecule is CC1(C)S[C@@H]2[C@H](NC(=O)[C@H](N)c3ccc(O)cc3)C(=O)N2[C@H]1C(=O)O.[Na+]. The number of hydrogen-bond acceptors (Lipinski definition) is 6. The number of carboxylic acids is 1. The first-order valence-corrected chi connectivity index (χ1v) is 8.59. The first-order chi connectivity index (χ1) is 11.6. The molecule has 2 heterocycles. The van der Waals surface area contributed by atoms with Gasteiger partial charge in [-0.2, -0.15) is 0 Å². The molecule has 2 fully saturated rings. The van der Waals surface area contributed by atoms with E-state index >= 15 is 0 Å². The fourth-order valence-corrected chi connectivity index (χ4v) is 4.85. The second-order valence-electron chi connectivity index (χ2n) is 6.65. The van der Waals surface area contributed by atoms with Gasteiger partial charge in [-0.3, -0.25) is 9.59 Å². The van der Waals surface area contributed by atoms with E-state index in [0.29, 0.717) is 5.56 Å². The molecule has 1 aromatic carbocycles. The van der Waals surface area contributed by atoms with Gasteiger partial charge in [0, 0.05) is 4.75 Å². The van der Waals surface area contributed by atoms with E-state index < -0.39 is 46.0 Å². The number of β-lactam (4-membered cyclic amide) rings is 1. The van der Waals surface area contributed by atoms with Crippen LogP contribution in [-0.2, 0) is 14.4 Å². The maximum atomic E-state index is 12.3. The van der Waals surface area contributed by atoms with Gasteiger partial charge in [-0.15, -0.1) is 11.8 Å². The van der Waals surface area contributed by atoms with Crippen molar-refractivity contribution in [3.8, 4) is 5.75 Å². The van der Waals surface area contributed by atoms with Crippen LogP contribution in [0.5, 0.6) is 5.75 Å². The van der Waals surface area contributed by atoms with Gasteiger partial charge < -0.3 is 26.2 Å². The number of nitrogens with one attached hydrogen (secondary N) is 1. The zero-order valence-corrected chi connectivity index (χ0v) is 17.5. The normalized spacial score (nSPS) is 27.0. The molecule has 8 nitrogen and oxygen atoms in total. The Balaban J connectivity index is 0.00000243. The number of nitrogens with zero attached hydrogens (tertiary/aromatic N) is 1. The standard InChI is InChI=1S/C16H19N3O5S.Na/c1-16(2)11(15(23)24)19-13(22)10(14(19)25-16)18-12(21)9(17)7-3-5-8(20)6-4-7;/h3-6,9-11,14,20H,17H2,1-2H3,(H,18,21)(H,23,24);/q;+1/t9-,10-,11+,14-;/m1./s1. The molecular formula is C16H19N3NaO5S+. The molecule has 2 amide bonds. The molecule has 0 aromatic heterocycles. The summed E-state index contributed by atoms with van der Waals surface area (Å²) >= 11 is 1.35. The molecule has 4 atom stereocenters. The van der Waals surface area contributed by atoms with E-state index in [4.69, 9.17) is 5.73 Å². The number of carbonyl (C=O) groups excluding carboxylic acids is 2. The van der Waals surface area contributed by atoms with Gasteiger partial charge in [-0.05, 0) is 31.5 Å². The minimum absolute atomic E-state index is 0. The molecule has 134 valence electrons. The van der Waals surface area contributed by atoms with Gasteiger partial charge in [0.05, 0.1) is 0 Å². The first kappa shape index (κ1) is 21.0. The summed E-state index contributed by atoms with van der Waals surface area (Å²) in [6.07, 6.45) is 0. The Bertz CT molecular complexity index is 742. The van der Waals surface area contributed by atoms with E-state index in [1.165, 1.54) is 40.9 Å². The van der Waals surface area contributed by atoms with Crippen LogP contribution < -0.4 is 40.6 Å². The average molecular weight is 388 g/mol. The molecule has 3 rings (SSSR count). The van der Waals surface area contributed by atoms with Crippen LogP contribution in [0.2, 0.25) is 0 Å². The number of fused-ring (bicyclic) bond motifs is 1. The number of aliphatic carboxylic acids is 1. The van der Waals surface area contributed by atoms with Gasteiger partial charge in [0.1, 0.15) is 29.2 Å². The van der Waals surface area contributed by atoms with Crippen LogP contribution in [0.1, 0.15) is 25.5 Å². The number of hydrogen-bond donors (Lipinski definition) is 4. The molecule has 5 N–H and O–H groups in total. The third kappa shape index (κ3) is 3.46. The molecule has 2 aliphatic rings. The number of rotatable bonds is 4. The number of carbonyl (C=O) groups is 3. The van der Waals surface area contributed by atoms with Crippen molar-refractivity contribution in [2.75, 3.05) is 0 Å². The summed E-state index contributed by atoms with van der Waals surface area (Å²) in [4.78, 5) is 37.5. The number of carboxylic acid groups (broad SMARTS) is 1. The number of thioether (sulfide) groups is 1. The van der Waals surface area contributed by atoms with Crippen LogP contribution in [0.4, 0.5) is 0 Å². The maximum Gasteiger partial charge on any atom is 1.00 e. The molecule has 2 aliphatic heterocycles. The van der Waals surface area contributed by atoms with Crippen molar-refractivity contribution in [3.63, 3.8) is 0 Å². The van der Waals surface area contributed by atoms with Crippen molar-refractivity contribution in [2.24, 2.45) is 5.73 Å². The third-order valence-corrected chi connectivity index (χ3v) is 6.08. The Morgan fingerprint density at radius 3 is 2.42 bits per heavy atom. The van der Waals surface area contributed by atoms with Crippen LogP contribution in [0.15, 0.2) is 24.3 Å². The van der Waals surface area contributed by atoms with Gasteiger partial charge in [0.25, 0.3) is 0 Å². The summed E-state index contributed by atoms with van der Waals surface area (Å²) in [5.74, 6) is -1.94.